The number of hydrogen-bond donors (Lipinski definition) is 2. The van der Waals surface area contributed by atoms with Crippen molar-refractivity contribution in [2.45, 2.75) is 26.2 Å². The zero-order valence-electron chi connectivity index (χ0n) is 11.3. The molecule has 2 amide bonds. The largest absolute Gasteiger partial charge is 0.326 e. The first-order chi connectivity index (χ1) is 9.54. The minimum absolute atomic E-state index is 0.0139. The maximum absolute atomic E-state index is 13.7. The number of benzene rings is 1. The molecule has 0 bridgehead atoms. The van der Waals surface area contributed by atoms with Crippen LogP contribution in [-0.4, -0.2) is 11.8 Å². The molecule has 0 unspecified atom stereocenters. The molecule has 3 rings (SSSR count). The van der Waals surface area contributed by atoms with Crippen LogP contribution in [0.25, 0.3) is 0 Å². The Bertz CT molecular complexity index is 569. The lowest BCUT2D eigenvalue weighted by Gasteiger charge is -2.09. The van der Waals surface area contributed by atoms with Gasteiger partial charge in [0.15, 0.2) is 0 Å². The third kappa shape index (κ3) is 2.81. The highest BCUT2D eigenvalue weighted by molar-refractivity contribution is 5.97. The first kappa shape index (κ1) is 13.1. The van der Waals surface area contributed by atoms with Crippen LogP contribution in [0.5, 0.6) is 0 Å². The summed E-state index contributed by atoms with van der Waals surface area (Å²) in [6.07, 6.45) is 2.63. The monoisotopic (exact) mass is 276 g/mol. The molecular formula is C15H17FN2O2. The van der Waals surface area contributed by atoms with E-state index in [2.05, 4.69) is 10.6 Å². The quantitative estimate of drug-likeness (QED) is 0.888. The molecule has 2 aliphatic rings. The minimum Gasteiger partial charge on any atom is -0.326 e. The Morgan fingerprint density at radius 1 is 1.20 bits per heavy atom. The van der Waals surface area contributed by atoms with Crippen LogP contribution < -0.4 is 10.6 Å². The van der Waals surface area contributed by atoms with Crippen molar-refractivity contribution in [2.24, 2.45) is 17.8 Å². The van der Waals surface area contributed by atoms with Crippen molar-refractivity contribution in [3.8, 4) is 0 Å². The molecule has 0 aliphatic heterocycles. The van der Waals surface area contributed by atoms with Gasteiger partial charge in [0.25, 0.3) is 0 Å². The number of rotatable bonds is 4. The molecule has 0 spiro atoms. The van der Waals surface area contributed by atoms with Crippen LogP contribution in [0.15, 0.2) is 18.2 Å². The van der Waals surface area contributed by atoms with E-state index in [1.54, 1.807) is 0 Å². The first-order valence-corrected chi connectivity index (χ1v) is 6.96. The standard InChI is InChI=1S/C15H17FN2O2/c1-8-6-11(8)15(20)17-10-4-5-12(16)13(7-10)18-14(19)9-2-3-9/h4-5,7-9,11H,2-3,6H2,1H3,(H,17,20)(H,18,19)/t8-,11-/m1/s1. The van der Waals surface area contributed by atoms with E-state index in [9.17, 15) is 14.0 Å². The molecule has 1 aromatic rings. The zero-order chi connectivity index (χ0) is 14.3. The summed E-state index contributed by atoms with van der Waals surface area (Å²) in [4.78, 5) is 23.5. The Kier molecular flexibility index (Phi) is 3.20. The molecule has 1 aromatic carbocycles. The van der Waals surface area contributed by atoms with Gasteiger partial charge in [-0.15, -0.1) is 0 Å². The van der Waals surface area contributed by atoms with E-state index in [1.165, 1.54) is 18.2 Å². The van der Waals surface area contributed by atoms with E-state index in [0.29, 0.717) is 11.6 Å². The van der Waals surface area contributed by atoms with E-state index in [4.69, 9.17) is 0 Å². The molecule has 2 aliphatic carbocycles. The van der Waals surface area contributed by atoms with E-state index in [-0.39, 0.29) is 29.3 Å². The number of hydrogen-bond acceptors (Lipinski definition) is 2. The number of halogens is 1. The van der Waals surface area contributed by atoms with Crippen molar-refractivity contribution < 1.29 is 14.0 Å². The lowest BCUT2D eigenvalue weighted by atomic mass is 10.2. The first-order valence-electron chi connectivity index (χ1n) is 6.96. The van der Waals surface area contributed by atoms with Gasteiger partial charge in [-0.05, 0) is 43.4 Å². The summed E-state index contributed by atoms with van der Waals surface area (Å²) in [6, 6.07) is 4.24. The smallest absolute Gasteiger partial charge is 0.227 e. The van der Waals surface area contributed by atoms with Crippen LogP contribution in [-0.2, 0) is 9.59 Å². The Labute approximate surface area is 116 Å². The highest BCUT2D eigenvalue weighted by atomic mass is 19.1. The fourth-order valence-corrected chi connectivity index (χ4v) is 2.20. The molecule has 0 radical (unpaired) electrons. The summed E-state index contributed by atoms with van der Waals surface area (Å²) in [6.45, 7) is 2.02. The molecule has 106 valence electrons. The average Bonchev–Trinajstić information content (AvgIpc) is 3.27. The Balaban J connectivity index is 1.68. The SMILES string of the molecule is C[C@@H]1C[C@H]1C(=O)Nc1ccc(F)c(NC(=O)C2CC2)c1. The lowest BCUT2D eigenvalue weighted by Crippen LogP contribution is -2.16. The van der Waals surface area contributed by atoms with E-state index >= 15 is 0 Å². The van der Waals surface area contributed by atoms with Gasteiger partial charge in [-0.1, -0.05) is 6.92 Å². The molecule has 2 N–H and O–H groups in total. The molecule has 0 aromatic heterocycles. The van der Waals surface area contributed by atoms with Crippen LogP contribution in [0, 0.1) is 23.6 Å². The molecule has 0 heterocycles. The Morgan fingerprint density at radius 2 is 1.90 bits per heavy atom. The average molecular weight is 276 g/mol. The third-order valence-corrected chi connectivity index (χ3v) is 3.89. The fraction of sp³-hybridized carbons (Fsp3) is 0.467. The highest BCUT2D eigenvalue weighted by Crippen LogP contribution is 2.38. The summed E-state index contributed by atoms with van der Waals surface area (Å²) in [5.41, 5.74) is 0.644. The summed E-state index contributed by atoms with van der Waals surface area (Å²) >= 11 is 0. The molecule has 2 saturated carbocycles. The van der Waals surface area contributed by atoms with Gasteiger partial charge in [0, 0.05) is 17.5 Å². The lowest BCUT2D eigenvalue weighted by molar-refractivity contribution is -0.118. The number of carbonyl (C=O) groups is 2. The molecule has 4 nitrogen and oxygen atoms in total. The molecule has 20 heavy (non-hydrogen) atoms. The maximum atomic E-state index is 13.7. The molecule has 0 saturated heterocycles. The second kappa shape index (κ2) is 4.89. The summed E-state index contributed by atoms with van der Waals surface area (Å²) in [5.74, 6) is -0.183. The number of carbonyl (C=O) groups excluding carboxylic acids is 2. The molecule has 2 atom stereocenters. The predicted octanol–water partition coefficient (Wildman–Crippen LogP) is 2.77. The summed E-state index contributed by atoms with van der Waals surface area (Å²) in [5, 5.41) is 5.34. The molecule has 2 fully saturated rings. The van der Waals surface area contributed by atoms with E-state index in [0.717, 1.165) is 19.3 Å². The second-order valence-corrected chi connectivity index (χ2v) is 5.77. The number of amides is 2. The Hall–Kier alpha value is -1.91. The Morgan fingerprint density at radius 3 is 2.50 bits per heavy atom. The summed E-state index contributed by atoms with van der Waals surface area (Å²) < 4.78 is 13.7. The summed E-state index contributed by atoms with van der Waals surface area (Å²) in [7, 11) is 0. The van der Waals surface area contributed by atoms with Crippen LogP contribution in [0.1, 0.15) is 26.2 Å². The predicted molar refractivity (Wildman–Crippen MR) is 73.7 cm³/mol. The van der Waals surface area contributed by atoms with Gasteiger partial charge in [0.05, 0.1) is 5.69 Å². The van der Waals surface area contributed by atoms with E-state index < -0.39 is 5.82 Å². The van der Waals surface area contributed by atoms with Gasteiger partial charge in [-0.2, -0.15) is 0 Å². The van der Waals surface area contributed by atoms with Gasteiger partial charge in [0.1, 0.15) is 5.82 Å². The third-order valence-electron chi connectivity index (χ3n) is 3.89. The molecular weight excluding hydrogens is 259 g/mol. The second-order valence-electron chi connectivity index (χ2n) is 5.77. The van der Waals surface area contributed by atoms with Crippen molar-refractivity contribution in [3.63, 3.8) is 0 Å². The number of anilines is 2. The van der Waals surface area contributed by atoms with Crippen molar-refractivity contribution in [1.82, 2.24) is 0 Å². The van der Waals surface area contributed by atoms with Gasteiger partial charge >= 0.3 is 0 Å². The van der Waals surface area contributed by atoms with Crippen LogP contribution in [0.2, 0.25) is 0 Å². The van der Waals surface area contributed by atoms with Crippen LogP contribution in [0.3, 0.4) is 0 Å². The van der Waals surface area contributed by atoms with E-state index in [1.807, 2.05) is 6.92 Å². The highest BCUT2D eigenvalue weighted by Gasteiger charge is 2.39. The van der Waals surface area contributed by atoms with Crippen LogP contribution >= 0.6 is 0 Å². The van der Waals surface area contributed by atoms with Crippen molar-refractivity contribution >= 4 is 23.2 Å². The van der Waals surface area contributed by atoms with Gasteiger partial charge in [-0.3, -0.25) is 9.59 Å². The fourth-order valence-electron chi connectivity index (χ4n) is 2.20. The van der Waals surface area contributed by atoms with Crippen molar-refractivity contribution in [1.29, 1.82) is 0 Å². The van der Waals surface area contributed by atoms with Crippen LogP contribution in [0.4, 0.5) is 15.8 Å². The van der Waals surface area contributed by atoms with Crippen molar-refractivity contribution in [2.75, 3.05) is 10.6 Å². The normalized spacial score (nSPS) is 24.1. The maximum Gasteiger partial charge on any atom is 0.227 e. The number of nitrogens with one attached hydrogen (secondary N) is 2. The van der Waals surface area contributed by atoms with Crippen molar-refractivity contribution in [3.05, 3.63) is 24.0 Å². The van der Waals surface area contributed by atoms with Gasteiger partial charge in [-0.25, -0.2) is 4.39 Å². The molecule has 5 heteroatoms. The topological polar surface area (TPSA) is 58.2 Å². The van der Waals surface area contributed by atoms with Gasteiger partial charge < -0.3 is 10.6 Å². The minimum atomic E-state index is -0.489. The van der Waals surface area contributed by atoms with Gasteiger partial charge in [0.2, 0.25) is 11.8 Å². The zero-order valence-corrected chi connectivity index (χ0v) is 11.3.